The Labute approximate surface area is 144 Å². The van der Waals surface area contributed by atoms with Gasteiger partial charge < -0.3 is 14.5 Å². The van der Waals surface area contributed by atoms with Crippen LogP contribution in [0.4, 0.5) is 0 Å². The average Bonchev–Trinajstić information content (AvgIpc) is 2.96. The van der Waals surface area contributed by atoms with Crippen LogP contribution in [-0.2, 0) is 17.9 Å². The van der Waals surface area contributed by atoms with Gasteiger partial charge in [-0.2, -0.15) is 0 Å². The SMILES string of the molecule is COc1ncccc1CNC(=O)CCCn1c(=O)oc2ccccc21. The van der Waals surface area contributed by atoms with Crippen LogP contribution in [0.25, 0.3) is 11.1 Å². The number of fused-ring (bicyclic) bond motifs is 1. The van der Waals surface area contributed by atoms with Gasteiger partial charge in [0.05, 0.1) is 12.6 Å². The average molecular weight is 341 g/mol. The molecule has 0 spiro atoms. The molecule has 0 saturated heterocycles. The first-order valence-electron chi connectivity index (χ1n) is 8.02. The summed E-state index contributed by atoms with van der Waals surface area (Å²) in [5.41, 5.74) is 2.11. The van der Waals surface area contributed by atoms with Gasteiger partial charge in [0.15, 0.2) is 5.58 Å². The standard InChI is InChI=1S/C18H19N3O4/c1-24-17-13(6-4-10-19-17)12-20-16(22)9-5-11-21-14-7-2-3-8-15(14)25-18(21)23/h2-4,6-8,10H,5,9,11-12H2,1H3,(H,20,22). The first-order chi connectivity index (χ1) is 12.2. The predicted molar refractivity (Wildman–Crippen MR) is 92.3 cm³/mol. The normalized spacial score (nSPS) is 10.8. The first kappa shape index (κ1) is 16.8. The molecule has 130 valence electrons. The molecule has 0 aliphatic rings. The van der Waals surface area contributed by atoms with Crippen LogP contribution in [0.3, 0.4) is 0 Å². The predicted octanol–water partition coefficient (Wildman–Crippen LogP) is 2.09. The Morgan fingerprint density at radius 3 is 2.96 bits per heavy atom. The summed E-state index contributed by atoms with van der Waals surface area (Å²) in [5.74, 6) is 0.00711. The van der Waals surface area contributed by atoms with Crippen LogP contribution in [0.15, 0.2) is 51.8 Å². The second kappa shape index (κ2) is 7.65. The molecule has 0 aliphatic heterocycles. The van der Waals surface area contributed by atoms with Crippen LogP contribution in [-0.4, -0.2) is 22.6 Å². The van der Waals surface area contributed by atoms with E-state index < -0.39 is 5.76 Å². The van der Waals surface area contributed by atoms with Crippen molar-refractivity contribution in [3.63, 3.8) is 0 Å². The number of nitrogens with zero attached hydrogens (tertiary/aromatic N) is 2. The quantitative estimate of drug-likeness (QED) is 0.711. The van der Waals surface area contributed by atoms with Gasteiger partial charge in [-0.05, 0) is 24.6 Å². The number of para-hydroxylation sites is 2. The second-order valence-electron chi connectivity index (χ2n) is 5.54. The van der Waals surface area contributed by atoms with Gasteiger partial charge in [0, 0.05) is 31.3 Å². The Bertz CT molecular complexity index is 929. The van der Waals surface area contributed by atoms with Crippen molar-refractivity contribution in [2.45, 2.75) is 25.9 Å². The maximum absolute atomic E-state index is 12.0. The molecule has 0 fully saturated rings. The zero-order chi connectivity index (χ0) is 17.6. The van der Waals surface area contributed by atoms with Gasteiger partial charge in [0.2, 0.25) is 11.8 Å². The van der Waals surface area contributed by atoms with Gasteiger partial charge in [-0.25, -0.2) is 9.78 Å². The number of oxazole rings is 1. The maximum Gasteiger partial charge on any atom is 0.419 e. The van der Waals surface area contributed by atoms with Crippen molar-refractivity contribution in [2.24, 2.45) is 0 Å². The van der Waals surface area contributed by atoms with Crippen LogP contribution in [0.2, 0.25) is 0 Å². The molecule has 7 heteroatoms. The third-order valence-electron chi connectivity index (χ3n) is 3.88. The fraction of sp³-hybridized carbons (Fsp3) is 0.278. The molecule has 2 aromatic heterocycles. The zero-order valence-corrected chi connectivity index (χ0v) is 13.9. The van der Waals surface area contributed by atoms with Crippen molar-refractivity contribution in [3.05, 3.63) is 58.7 Å². The lowest BCUT2D eigenvalue weighted by atomic mass is 10.2. The molecule has 0 saturated carbocycles. The van der Waals surface area contributed by atoms with Crippen LogP contribution in [0.1, 0.15) is 18.4 Å². The summed E-state index contributed by atoms with van der Waals surface area (Å²) in [6.45, 7) is 0.782. The van der Waals surface area contributed by atoms with E-state index in [0.717, 1.165) is 11.1 Å². The number of nitrogens with one attached hydrogen (secondary N) is 1. The smallest absolute Gasteiger partial charge is 0.419 e. The third-order valence-corrected chi connectivity index (χ3v) is 3.88. The minimum Gasteiger partial charge on any atom is -0.481 e. The number of aryl methyl sites for hydroxylation is 1. The van der Waals surface area contributed by atoms with Crippen LogP contribution >= 0.6 is 0 Å². The summed E-state index contributed by atoms with van der Waals surface area (Å²) in [7, 11) is 1.54. The fourth-order valence-corrected chi connectivity index (χ4v) is 2.65. The second-order valence-corrected chi connectivity index (χ2v) is 5.54. The van der Waals surface area contributed by atoms with Crippen molar-refractivity contribution >= 4 is 17.0 Å². The Hall–Kier alpha value is -3.09. The molecule has 0 aliphatic carbocycles. The van der Waals surface area contributed by atoms with E-state index in [2.05, 4.69) is 10.3 Å². The van der Waals surface area contributed by atoms with Gasteiger partial charge >= 0.3 is 5.76 Å². The molecular formula is C18H19N3O4. The lowest BCUT2D eigenvalue weighted by Crippen LogP contribution is -2.24. The molecular weight excluding hydrogens is 322 g/mol. The van der Waals surface area contributed by atoms with E-state index in [-0.39, 0.29) is 5.91 Å². The van der Waals surface area contributed by atoms with Crippen molar-refractivity contribution < 1.29 is 13.9 Å². The van der Waals surface area contributed by atoms with E-state index in [4.69, 9.17) is 9.15 Å². The number of carbonyl (C=O) groups excluding carboxylic acids is 1. The lowest BCUT2D eigenvalue weighted by Gasteiger charge is -2.08. The van der Waals surface area contributed by atoms with Crippen LogP contribution in [0.5, 0.6) is 5.88 Å². The molecule has 3 aromatic rings. The molecule has 2 heterocycles. The zero-order valence-electron chi connectivity index (χ0n) is 13.9. The molecule has 0 atom stereocenters. The van der Waals surface area contributed by atoms with Gasteiger partial charge in [-0.15, -0.1) is 0 Å². The Morgan fingerprint density at radius 1 is 1.28 bits per heavy atom. The molecule has 1 aromatic carbocycles. The number of amides is 1. The fourth-order valence-electron chi connectivity index (χ4n) is 2.65. The monoisotopic (exact) mass is 341 g/mol. The Kier molecular flexibility index (Phi) is 5.13. The van der Waals surface area contributed by atoms with Gasteiger partial charge in [-0.3, -0.25) is 9.36 Å². The highest BCUT2D eigenvalue weighted by molar-refractivity contribution is 5.76. The number of pyridine rings is 1. The first-order valence-corrected chi connectivity index (χ1v) is 8.02. The molecule has 1 N–H and O–H groups in total. The summed E-state index contributed by atoms with van der Waals surface area (Å²) in [4.78, 5) is 28.0. The highest BCUT2D eigenvalue weighted by Crippen LogP contribution is 2.14. The Morgan fingerprint density at radius 2 is 2.12 bits per heavy atom. The largest absolute Gasteiger partial charge is 0.481 e. The van der Waals surface area contributed by atoms with Crippen molar-refractivity contribution in [3.8, 4) is 5.88 Å². The summed E-state index contributed by atoms with van der Waals surface area (Å²) < 4.78 is 11.9. The van der Waals surface area contributed by atoms with E-state index in [1.807, 2.05) is 24.3 Å². The molecule has 0 unspecified atom stereocenters. The number of aromatic nitrogens is 2. The highest BCUT2D eigenvalue weighted by Gasteiger charge is 2.10. The summed E-state index contributed by atoms with van der Waals surface area (Å²) in [5, 5.41) is 2.84. The van der Waals surface area contributed by atoms with E-state index in [9.17, 15) is 9.59 Å². The van der Waals surface area contributed by atoms with Gasteiger partial charge in [-0.1, -0.05) is 18.2 Å². The van der Waals surface area contributed by atoms with E-state index in [1.54, 1.807) is 30.0 Å². The molecule has 25 heavy (non-hydrogen) atoms. The summed E-state index contributed by atoms with van der Waals surface area (Å²) in [6, 6.07) is 10.9. The van der Waals surface area contributed by atoms with Gasteiger partial charge in [0.1, 0.15) is 0 Å². The minimum absolute atomic E-state index is 0.0910. The Balaban J connectivity index is 1.52. The number of rotatable bonds is 7. The highest BCUT2D eigenvalue weighted by atomic mass is 16.5. The van der Waals surface area contributed by atoms with Crippen molar-refractivity contribution in [1.82, 2.24) is 14.9 Å². The minimum atomic E-state index is -0.401. The lowest BCUT2D eigenvalue weighted by molar-refractivity contribution is -0.121. The number of methoxy groups -OCH3 is 1. The number of carbonyl (C=O) groups is 1. The number of benzene rings is 1. The van der Waals surface area contributed by atoms with Crippen molar-refractivity contribution in [1.29, 1.82) is 0 Å². The number of hydrogen-bond donors (Lipinski definition) is 1. The summed E-state index contributed by atoms with van der Waals surface area (Å²) >= 11 is 0. The van der Waals surface area contributed by atoms with E-state index >= 15 is 0 Å². The molecule has 0 bridgehead atoms. The maximum atomic E-state index is 12.0. The van der Waals surface area contributed by atoms with E-state index in [0.29, 0.717) is 37.4 Å². The van der Waals surface area contributed by atoms with E-state index in [1.165, 1.54) is 0 Å². The number of hydrogen-bond acceptors (Lipinski definition) is 5. The van der Waals surface area contributed by atoms with Crippen LogP contribution < -0.4 is 15.8 Å². The molecule has 7 nitrogen and oxygen atoms in total. The third kappa shape index (κ3) is 3.88. The molecule has 0 radical (unpaired) electrons. The molecule has 1 amide bonds. The van der Waals surface area contributed by atoms with Gasteiger partial charge in [0.25, 0.3) is 0 Å². The molecule has 3 rings (SSSR count). The van der Waals surface area contributed by atoms with Crippen molar-refractivity contribution in [2.75, 3.05) is 7.11 Å². The number of ether oxygens (including phenoxy) is 1. The summed E-state index contributed by atoms with van der Waals surface area (Å²) in [6.07, 6.45) is 2.49. The van der Waals surface area contributed by atoms with Crippen LogP contribution in [0, 0.1) is 0 Å². The topological polar surface area (TPSA) is 86.4 Å².